The van der Waals surface area contributed by atoms with Crippen molar-refractivity contribution in [3.05, 3.63) is 63.0 Å². The van der Waals surface area contributed by atoms with Gasteiger partial charge in [0.15, 0.2) is 11.5 Å². The van der Waals surface area contributed by atoms with Crippen LogP contribution in [0.3, 0.4) is 0 Å². The van der Waals surface area contributed by atoms with E-state index in [0.29, 0.717) is 28.7 Å². The van der Waals surface area contributed by atoms with Crippen molar-refractivity contribution in [1.82, 2.24) is 4.90 Å². The maximum atomic E-state index is 12.6. The lowest BCUT2D eigenvalue weighted by Crippen LogP contribution is -2.34. The van der Waals surface area contributed by atoms with Crippen molar-refractivity contribution in [2.24, 2.45) is 0 Å². The first kappa shape index (κ1) is 23.7. The lowest BCUT2D eigenvalue weighted by Gasteiger charge is -2.14. The summed E-state index contributed by atoms with van der Waals surface area (Å²) in [5.74, 6) is -0.442. The predicted octanol–water partition coefficient (Wildman–Crippen LogP) is 4.84. The number of esters is 1. The van der Waals surface area contributed by atoms with E-state index in [1.54, 1.807) is 19.1 Å². The van der Waals surface area contributed by atoms with Crippen LogP contribution >= 0.6 is 23.4 Å². The fourth-order valence-electron chi connectivity index (χ4n) is 2.93. The van der Waals surface area contributed by atoms with Crippen molar-refractivity contribution < 1.29 is 28.6 Å². The zero-order valence-corrected chi connectivity index (χ0v) is 19.4. The summed E-state index contributed by atoms with van der Waals surface area (Å²) >= 11 is 7.17. The average molecular weight is 476 g/mol. The largest absolute Gasteiger partial charge is 0.493 e. The van der Waals surface area contributed by atoms with Crippen LogP contribution in [0.5, 0.6) is 11.5 Å². The number of thioether (sulfide) groups is 1. The molecule has 2 aromatic carbocycles. The maximum absolute atomic E-state index is 12.6. The smallest absolute Gasteiger partial charge is 0.326 e. The highest BCUT2D eigenvalue weighted by atomic mass is 35.5. The molecule has 0 N–H and O–H groups in total. The van der Waals surface area contributed by atoms with E-state index in [1.807, 2.05) is 31.2 Å². The number of hydrogen-bond acceptors (Lipinski definition) is 7. The van der Waals surface area contributed by atoms with E-state index in [0.717, 1.165) is 27.8 Å². The molecule has 0 bridgehead atoms. The predicted molar refractivity (Wildman–Crippen MR) is 123 cm³/mol. The van der Waals surface area contributed by atoms with Gasteiger partial charge in [-0.05, 0) is 54.9 Å². The highest BCUT2D eigenvalue weighted by Gasteiger charge is 2.36. The monoisotopic (exact) mass is 475 g/mol. The number of carbonyl (C=O) groups excluding carboxylic acids is 3. The molecule has 9 heteroatoms. The Kier molecular flexibility index (Phi) is 7.82. The molecule has 168 valence electrons. The van der Waals surface area contributed by atoms with Crippen molar-refractivity contribution in [3.63, 3.8) is 0 Å². The number of nitrogens with zero attached hydrogens (tertiary/aromatic N) is 1. The second kappa shape index (κ2) is 10.6. The van der Waals surface area contributed by atoms with Gasteiger partial charge in [0.25, 0.3) is 11.1 Å². The Morgan fingerprint density at radius 3 is 2.56 bits per heavy atom. The molecular formula is C23H22ClNO6S. The number of methoxy groups -OCH3 is 1. The number of ether oxygens (including phenoxy) is 3. The second-order valence-electron chi connectivity index (χ2n) is 6.88. The van der Waals surface area contributed by atoms with Crippen molar-refractivity contribution in [3.8, 4) is 11.5 Å². The molecule has 0 atom stereocenters. The van der Waals surface area contributed by atoms with E-state index >= 15 is 0 Å². The Morgan fingerprint density at radius 2 is 1.91 bits per heavy atom. The third-order valence-electron chi connectivity index (χ3n) is 4.52. The summed E-state index contributed by atoms with van der Waals surface area (Å²) in [4.78, 5) is 37.4. The quantitative estimate of drug-likeness (QED) is 0.399. The summed E-state index contributed by atoms with van der Waals surface area (Å²) in [5, 5.41) is -0.237. The fraction of sp³-hybridized carbons (Fsp3) is 0.261. The minimum Gasteiger partial charge on any atom is -0.493 e. The Bertz CT molecular complexity index is 1070. The van der Waals surface area contributed by atoms with Gasteiger partial charge in [0, 0.05) is 0 Å². The van der Waals surface area contributed by atoms with Crippen LogP contribution in [0.2, 0.25) is 5.02 Å². The van der Waals surface area contributed by atoms with Gasteiger partial charge in [0.1, 0.15) is 13.2 Å². The molecule has 2 aromatic rings. The molecular weight excluding hydrogens is 454 g/mol. The molecule has 1 fully saturated rings. The number of rotatable bonds is 8. The van der Waals surface area contributed by atoms with Crippen molar-refractivity contribution in [2.45, 2.75) is 20.5 Å². The average Bonchev–Trinajstić information content (AvgIpc) is 3.01. The van der Waals surface area contributed by atoms with Crippen LogP contribution in [0.25, 0.3) is 6.08 Å². The highest BCUT2D eigenvalue weighted by molar-refractivity contribution is 8.18. The molecule has 1 heterocycles. The summed E-state index contributed by atoms with van der Waals surface area (Å²) in [6.45, 7) is 3.71. The molecule has 7 nitrogen and oxygen atoms in total. The Hall–Kier alpha value is -2.97. The molecule has 0 aliphatic carbocycles. The van der Waals surface area contributed by atoms with E-state index in [9.17, 15) is 14.4 Å². The zero-order valence-electron chi connectivity index (χ0n) is 17.8. The standard InChI is InChI=1S/C23H22ClNO6S/c1-4-30-20(26)12-25-22(27)19(32-23(25)28)11-16-9-17(24)21(18(10-16)29-3)31-13-15-7-5-14(2)6-8-15/h5-11H,4,12-13H2,1-3H3/b19-11+. The fourth-order valence-corrected chi connectivity index (χ4v) is 4.04. The van der Waals surface area contributed by atoms with Gasteiger partial charge in [-0.3, -0.25) is 19.3 Å². The Morgan fingerprint density at radius 1 is 1.19 bits per heavy atom. The third kappa shape index (κ3) is 5.63. The van der Waals surface area contributed by atoms with E-state index in [1.165, 1.54) is 13.2 Å². The van der Waals surface area contributed by atoms with Gasteiger partial charge in [-0.1, -0.05) is 41.4 Å². The number of carbonyl (C=O) groups is 3. The molecule has 0 spiro atoms. The Labute approximate surface area is 195 Å². The molecule has 1 aliphatic rings. The topological polar surface area (TPSA) is 82.1 Å². The summed E-state index contributed by atoms with van der Waals surface area (Å²) in [6, 6.07) is 11.2. The molecule has 0 radical (unpaired) electrons. The number of amides is 2. The van der Waals surface area contributed by atoms with E-state index in [-0.39, 0.29) is 11.5 Å². The van der Waals surface area contributed by atoms with Gasteiger partial charge in [0.05, 0.1) is 23.6 Å². The number of benzene rings is 2. The second-order valence-corrected chi connectivity index (χ2v) is 8.28. The molecule has 2 amide bonds. The number of hydrogen-bond donors (Lipinski definition) is 0. The van der Waals surface area contributed by atoms with Gasteiger partial charge in [-0.2, -0.15) is 0 Å². The van der Waals surface area contributed by atoms with Gasteiger partial charge >= 0.3 is 5.97 Å². The van der Waals surface area contributed by atoms with Crippen LogP contribution in [-0.2, 0) is 20.9 Å². The molecule has 1 aliphatic heterocycles. The minimum absolute atomic E-state index is 0.168. The maximum Gasteiger partial charge on any atom is 0.326 e. The van der Waals surface area contributed by atoms with Gasteiger partial charge < -0.3 is 14.2 Å². The summed E-state index contributed by atoms with van der Waals surface area (Å²) in [7, 11) is 1.49. The highest BCUT2D eigenvalue weighted by Crippen LogP contribution is 2.39. The first-order valence-electron chi connectivity index (χ1n) is 9.79. The molecule has 32 heavy (non-hydrogen) atoms. The van der Waals surface area contributed by atoms with E-state index in [2.05, 4.69) is 0 Å². The first-order chi connectivity index (χ1) is 15.3. The lowest BCUT2D eigenvalue weighted by atomic mass is 10.1. The van der Waals surface area contributed by atoms with Crippen LogP contribution in [-0.4, -0.2) is 42.3 Å². The summed E-state index contributed by atoms with van der Waals surface area (Å²) < 4.78 is 16.1. The number of aryl methyl sites for hydroxylation is 1. The number of halogens is 1. The lowest BCUT2D eigenvalue weighted by molar-refractivity contribution is -0.145. The third-order valence-corrected chi connectivity index (χ3v) is 5.71. The van der Waals surface area contributed by atoms with E-state index < -0.39 is 23.7 Å². The molecule has 0 unspecified atom stereocenters. The van der Waals surface area contributed by atoms with Crippen molar-refractivity contribution in [2.75, 3.05) is 20.3 Å². The summed E-state index contributed by atoms with van der Waals surface area (Å²) in [6.07, 6.45) is 1.52. The normalized spacial score (nSPS) is 14.8. The van der Waals surface area contributed by atoms with Crippen LogP contribution in [0.4, 0.5) is 4.79 Å². The SMILES string of the molecule is CCOC(=O)CN1C(=O)S/C(=C/c2cc(Cl)c(OCc3ccc(C)cc3)c(OC)c2)C1=O. The first-order valence-corrected chi connectivity index (χ1v) is 11.0. The number of imide groups is 1. The van der Waals surface area contributed by atoms with E-state index in [4.69, 9.17) is 25.8 Å². The Balaban J connectivity index is 1.78. The molecule has 0 saturated carbocycles. The van der Waals surface area contributed by atoms with Crippen LogP contribution < -0.4 is 9.47 Å². The summed E-state index contributed by atoms with van der Waals surface area (Å²) in [5.41, 5.74) is 2.68. The van der Waals surface area contributed by atoms with Gasteiger partial charge in [0.2, 0.25) is 0 Å². The molecule has 1 saturated heterocycles. The zero-order chi connectivity index (χ0) is 23.3. The van der Waals surface area contributed by atoms with Gasteiger partial charge in [-0.25, -0.2) is 0 Å². The van der Waals surface area contributed by atoms with Crippen molar-refractivity contribution >= 4 is 46.6 Å². The minimum atomic E-state index is -0.643. The van der Waals surface area contributed by atoms with Crippen LogP contribution in [0.15, 0.2) is 41.3 Å². The molecule has 3 rings (SSSR count). The molecule has 0 aromatic heterocycles. The van der Waals surface area contributed by atoms with Crippen LogP contribution in [0, 0.1) is 6.92 Å². The van der Waals surface area contributed by atoms with Crippen LogP contribution in [0.1, 0.15) is 23.6 Å². The van der Waals surface area contributed by atoms with Crippen molar-refractivity contribution in [1.29, 1.82) is 0 Å². The van der Waals surface area contributed by atoms with Gasteiger partial charge in [-0.15, -0.1) is 0 Å².